The Morgan fingerprint density at radius 2 is 1.82 bits per heavy atom. The van der Waals surface area contributed by atoms with E-state index in [0.29, 0.717) is 6.61 Å². The van der Waals surface area contributed by atoms with Gasteiger partial charge in [-0.05, 0) is 38.1 Å². The van der Waals surface area contributed by atoms with Gasteiger partial charge in [-0.2, -0.15) is 0 Å². The zero-order valence-corrected chi connectivity index (χ0v) is 14.8. The molecule has 120 valence electrons. The zero-order chi connectivity index (χ0) is 15.9. The van der Waals surface area contributed by atoms with Crippen molar-refractivity contribution in [1.29, 1.82) is 0 Å². The number of rotatable bonds is 8. The third kappa shape index (κ3) is 4.76. The van der Waals surface area contributed by atoms with Gasteiger partial charge in [-0.15, -0.1) is 11.8 Å². The van der Waals surface area contributed by atoms with Gasteiger partial charge in [0.1, 0.15) is 5.82 Å². The zero-order valence-electron chi connectivity index (χ0n) is 13.1. The Morgan fingerprint density at radius 1 is 1.14 bits per heavy atom. The van der Waals surface area contributed by atoms with E-state index >= 15 is 0 Å². The molecule has 22 heavy (non-hydrogen) atoms. The summed E-state index contributed by atoms with van der Waals surface area (Å²) < 4.78 is 20.2. The first-order chi connectivity index (χ1) is 10.6. The summed E-state index contributed by atoms with van der Waals surface area (Å²) in [7, 11) is 1.71. The number of nitrogens with zero attached hydrogens (tertiary/aromatic N) is 2. The fourth-order valence-corrected chi connectivity index (χ4v) is 4.00. The van der Waals surface area contributed by atoms with Gasteiger partial charge in [0.15, 0.2) is 5.16 Å². The van der Waals surface area contributed by atoms with Crippen molar-refractivity contribution >= 4 is 23.5 Å². The van der Waals surface area contributed by atoms with Crippen LogP contribution in [0.4, 0.5) is 4.39 Å². The predicted octanol–water partition coefficient (Wildman–Crippen LogP) is 4.17. The maximum Gasteiger partial charge on any atom is 0.168 e. The van der Waals surface area contributed by atoms with Crippen molar-refractivity contribution < 1.29 is 9.13 Å². The van der Waals surface area contributed by atoms with Crippen molar-refractivity contribution in [1.82, 2.24) is 9.55 Å². The van der Waals surface area contributed by atoms with Crippen LogP contribution in [0, 0.1) is 19.7 Å². The predicted molar refractivity (Wildman–Crippen MR) is 91.4 cm³/mol. The van der Waals surface area contributed by atoms with Crippen LogP contribution in [0.3, 0.4) is 0 Å². The molecular formula is C16H21FN2OS2. The van der Waals surface area contributed by atoms with E-state index in [1.807, 2.05) is 19.1 Å². The summed E-state index contributed by atoms with van der Waals surface area (Å²) in [5.74, 6) is 1.74. The maximum absolute atomic E-state index is 12.8. The molecule has 1 aromatic carbocycles. The Labute approximate surface area is 139 Å². The van der Waals surface area contributed by atoms with Crippen molar-refractivity contribution in [3.8, 4) is 0 Å². The summed E-state index contributed by atoms with van der Waals surface area (Å²) in [6.07, 6.45) is 0. The number of hydrogen-bond donors (Lipinski definition) is 0. The second-order valence-corrected chi connectivity index (χ2v) is 7.09. The minimum atomic E-state index is -0.190. The molecule has 0 spiro atoms. The van der Waals surface area contributed by atoms with Crippen LogP contribution in [0.1, 0.15) is 11.4 Å². The molecule has 0 unspecified atom stereocenters. The number of aromatic nitrogens is 2. The molecule has 0 atom stereocenters. The quantitative estimate of drug-likeness (QED) is 0.532. The van der Waals surface area contributed by atoms with E-state index in [4.69, 9.17) is 4.74 Å². The Bertz CT molecular complexity index is 599. The van der Waals surface area contributed by atoms with Crippen molar-refractivity contribution in [2.75, 3.05) is 25.2 Å². The lowest BCUT2D eigenvalue weighted by Crippen LogP contribution is -2.07. The van der Waals surface area contributed by atoms with E-state index in [0.717, 1.165) is 33.8 Å². The van der Waals surface area contributed by atoms with Crippen LogP contribution in [0.25, 0.3) is 0 Å². The molecule has 0 N–H and O–H groups in total. The Morgan fingerprint density at radius 3 is 2.50 bits per heavy atom. The molecule has 0 amide bonds. The molecule has 0 aliphatic rings. The summed E-state index contributed by atoms with van der Waals surface area (Å²) in [5.41, 5.74) is 2.27. The van der Waals surface area contributed by atoms with E-state index in [1.54, 1.807) is 30.6 Å². The van der Waals surface area contributed by atoms with Gasteiger partial charge in [0, 0.05) is 35.7 Å². The molecule has 2 aromatic rings. The van der Waals surface area contributed by atoms with Gasteiger partial charge in [0.05, 0.1) is 12.3 Å². The normalized spacial score (nSPS) is 11.1. The average molecular weight is 340 g/mol. The number of methoxy groups -OCH3 is 1. The lowest BCUT2D eigenvalue weighted by atomic mass is 10.4. The highest BCUT2D eigenvalue weighted by Gasteiger charge is 2.11. The molecule has 3 nitrogen and oxygen atoms in total. The summed E-state index contributed by atoms with van der Waals surface area (Å²) in [6, 6.07) is 6.64. The van der Waals surface area contributed by atoms with Crippen LogP contribution in [0.2, 0.25) is 0 Å². The second-order valence-electron chi connectivity index (χ2n) is 4.86. The van der Waals surface area contributed by atoms with E-state index in [9.17, 15) is 4.39 Å². The van der Waals surface area contributed by atoms with Crippen LogP contribution in [-0.4, -0.2) is 34.8 Å². The van der Waals surface area contributed by atoms with Gasteiger partial charge in [-0.1, -0.05) is 11.8 Å². The standard InChI is InChI=1S/C16H21FN2OS2/c1-12-13(2)19(8-9-20-3)16(18-12)22-11-10-21-15-6-4-14(17)5-7-15/h4-7H,8-11H2,1-3H3. The number of aryl methyl sites for hydroxylation is 1. The maximum atomic E-state index is 12.8. The van der Waals surface area contributed by atoms with Crippen molar-refractivity contribution in [3.63, 3.8) is 0 Å². The molecule has 0 bridgehead atoms. The van der Waals surface area contributed by atoms with Gasteiger partial charge in [0.25, 0.3) is 0 Å². The number of imidazole rings is 1. The lowest BCUT2D eigenvalue weighted by molar-refractivity contribution is 0.184. The van der Waals surface area contributed by atoms with Crippen LogP contribution in [-0.2, 0) is 11.3 Å². The van der Waals surface area contributed by atoms with Gasteiger partial charge < -0.3 is 9.30 Å². The highest BCUT2D eigenvalue weighted by atomic mass is 32.2. The molecular weight excluding hydrogens is 319 g/mol. The molecule has 1 heterocycles. The summed E-state index contributed by atoms with van der Waals surface area (Å²) in [6.45, 7) is 5.65. The fraction of sp³-hybridized carbons (Fsp3) is 0.438. The first kappa shape index (κ1) is 17.4. The number of ether oxygens (including phenoxy) is 1. The van der Waals surface area contributed by atoms with Crippen molar-refractivity contribution in [3.05, 3.63) is 41.5 Å². The average Bonchev–Trinajstić information content (AvgIpc) is 2.78. The molecule has 0 saturated heterocycles. The fourth-order valence-electron chi connectivity index (χ4n) is 2.00. The van der Waals surface area contributed by atoms with Gasteiger partial charge in [-0.3, -0.25) is 0 Å². The highest BCUT2D eigenvalue weighted by molar-refractivity contribution is 8.02. The SMILES string of the molecule is COCCn1c(SCCSc2ccc(F)cc2)nc(C)c1C. The van der Waals surface area contributed by atoms with Gasteiger partial charge in [0.2, 0.25) is 0 Å². The highest BCUT2D eigenvalue weighted by Crippen LogP contribution is 2.24. The molecule has 1 aromatic heterocycles. The van der Waals surface area contributed by atoms with Crippen LogP contribution < -0.4 is 0 Å². The first-order valence-electron chi connectivity index (χ1n) is 7.15. The molecule has 2 rings (SSSR count). The number of thioether (sulfide) groups is 2. The first-order valence-corrected chi connectivity index (χ1v) is 9.12. The second kappa shape index (κ2) is 8.60. The summed E-state index contributed by atoms with van der Waals surface area (Å²) in [4.78, 5) is 5.73. The van der Waals surface area contributed by atoms with E-state index in [1.165, 1.54) is 17.8 Å². The van der Waals surface area contributed by atoms with Crippen LogP contribution >= 0.6 is 23.5 Å². The third-order valence-electron chi connectivity index (χ3n) is 3.34. The lowest BCUT2D eigenvalue weighted by Gasteiger charge is -2.09. The van der Waals surface area contributed by atoms with Crippen molar-refractivity contribution in [2.24, 2.45) is 0 Å². The topological polar surface area (TPSA) is 27.1 Å². The summed E-state index contributed by atoms with van der Waals surface area (Å²) >= 11 is 3.49. The van der Waals surface area contributed by atoms with Crippen LogP contribution in [0.15, 0.2) is 34.3 Å². The number of halogens is 1. The van der Waals surface area contributed by atoms with E-state index < -0.39 is 0 Å². The van der Waals surface area contributed by atoms with E-state index in [-0.39, 0.29) is 5.82 Å². The minimum Gasteiger partial charge on any atom is -0.383 e. The molecule has 0 radical (unpaired) electrons. The Hall–Kier alpha value is -0.980. The Kier molecular flexibility index (Phi) is 6.79. The number of hydrogen-bond acceptors (Lipinski definition) is 4. The number of benzene rings is 1. The van der Waals surface area contributed by atoms with Gasteiger partial charge >= 0.3 is 0 Å². The van der Waals surface area contributed by atoms with Crippen LogP contribution in [0.5, 0.6) is 0 Å². The molecule has 0 aliphatic heterocycles. The van der Waals surface area contributed by atoms with Crippen molar-refractivity contribution in [2.45, 2.75) is 30.4 Å². The largest absolute Gasteiger partial charge is 0.383 e. The van der Waals surface area contributed by atoms with Gasteiger partial charge in [-0.25, -0.2) is 9.37 Å². The third-order valence-corrected chi connectivity index (χ3v) is 5.59. The molecule has 6 heteroatoms. The molecule has 0 saturated carbocycles. The molecule has 0 aliphatic carbocycles. The minimum absolute atomic E-state index is 0.190. The monoisotopic (exact) mass is 340 g/mol. The smallest absolute Gasteiger partial charge is 0.168 e. The molecule has 0 fully saturated rings. The summed E-state index contributed by atoms with van der Waals surface area (Å²) in [5, 5.41) is 1.05. The Balaban J connectivity index is 1.86. The van der Waals surface area contributed by atoms with E-state index in [2.05, 4.69) is 16.5 Å².